The van der Waals surface area contributed by atoms with Crippen molar-refractivity contribution in [3.05, 3.63) is 118 Å². The molecule has 0 amide bonds. The second-order valence-electron chi connectivity index (χ2n) is 8.81. The van der Waals surface area contributed by atoms with Crippen molar-refractivity contribution >= 4 is 29.1 Å². The third kappa shape index (κ3) is 4.84. The molecule has 4 aromatic rings. The number of esters is 1. The molecule has 0 saturated heterocycles. The van der Waals surface area contributed by atoms with Crippen LogP contribution >= 0.6 is 11.3 Å². The van der Waals surface area contributed by atoms with Gasteiger partial charge in [0.1, 0.15) is 17.3 Å². The van der Waals surface area contributed by atoms with Gasteiger partial charge in [-0.1, -0.05) is 35.6 Å². The lowest BCUT2D eigenvalue weighted by Crippen LogP contribution is -2.39. The Labute approximate surface area is 225 Å². The van der Waals surface area contributed by atoms with Gasteiger partial charge in [-0.3, -0.25) is 19.5 Å². The second-order valence-corrected chi connectivity index (χ2v) is 9.82. The minimum atomic E-state index is -0.858. The van der Waals surface area contributed by atoms with E-state index in [1.165, 1.54) is 34.9 Å². The molecule has 0 unspecified atom stereocenters. The monoisotopic (exact) mass is 547 g/mol. The lowest BCUT2D eigenvalue weighted by atomic mass is 9.96. The van der Waals surface area contributed by atoms with Crippen molar-refractivity contribution in [1.29, 1.82) is 0 Å². The van der Waals surface area contributed by atoms with Gasteiger partial charge >= 0.3 is 5.97 Å². The number of ether oxygens (including phenoxy) is 1. The zero-order chi connectivity index (χ0) is 27.8. The molecule has 11 heteroatoms. The van der Waals surface area contributed by atoms with E-state index in [2.05, 4.69) is 4.99 Å². The van der Waals surface area contributed by atoms with Crippen LogP contribution in [0.3, 0.4) is 0 Å². The Morgan fingerprint density at radius 1 is 1.21 bits per heavy atom. The quantitative estimate of drug-likeness (QED) is 0.201. The molecule has 2 aromatic heterocycles. The molecule has 0 aliphatic carbocycles. The van der Waals surface area contributed by atoms with Gasteiger partial charge in [-0.25, -0.2) is 14.2 Å². The van der Waals surface area contributed by atoms with Crippen molar-refractivity contribution in [3.63, 3.8) is 0 Å². The molecule has 3 heterocycles. The Hall–Kier alpha value is -4.64. The smallest absolute Gasteiger partial charge is 0.338 e. The predicted molar refractivity (Wildman–Crippen MR) is 142 cm³/mol. The van der Waals surface area contributed by atoms with E-state index in [0.29, 0.717) is 43.2 Å². The maximum atomic E-state index is 13.7. The third-order valence-electron chi connectivity index (χ3n) is 6.29. The number of fused-ring (bicyclic) bond motifs is 1. The highest BCUT2D eigenvalue weighted by molar-refractivity contribution is 7.07. The summed E-state index contributed by atoms with van der Waals surface area (Å²) in [5.41, 5.74) is 1.76. The second kappa shape index (κ2) is 10.3. The highest BCUT2D eigenvalue weighted by Crippen LogP contribution is 2.31. The minimum absolute atomic E-state index is 0.0210. The Morgan fingerprint density at radius 2 is 1.95 bits per heavy atom. The number of furan rings is 1. The molecule has 0 radical (unpaired) electrons. The van der Waals surface area contributed by atoms with Gasteiger partial charge in [0.15, 0.2) is 4.80 Å². The predicted octanol–water partition coefficient (Wildman–Crippen LogP) is 4.41. The van der Waals surface area contributed by atoms with Crippen molar-refractivity contribution in [3.8, 4) is 11.3 Å². The summed E-state index contributed by atoms with van der Waals surface area (Å²) in [5.74, 6) is -0.290. The number of allylic oxidation sites excluding steroid dienone is 1. The van der Waals surface area contributed by atoms with Crippen LogP contribution in [-0.2, 0) is 9.53 Å². The molecule has 0 spiro atoms. The minimum Gasteiger partial charge on any atom is -0.463 e. The van der Waals surface area contributed by atoms with Crippen molar-refractivity contribution in [1.82, 2.24) is 4.57 Å². The SMILES string of the molecule is CCOC(=O)C1=C(C)N=c2sc(=Cc3ccc(-c4ccc(C)c([N+](=O)[O-])c4)o3)c(=O)n2[C@@H]1c1ccc(F)cc1. The van der Waals surface area contributed by atoms with E-state index in [0.717, 1.165) is 11.3 Å². The van der Waals surface area contributed by atoms with E-state index >= 15 is 0 Å². The van der Waals surface area contributed by atoms with Crippen LogP contribution in [0.4, 0.5) is 10.1 Å². The normalized spacial score (nSPS) is 15.2. The summed E-state index contributed by atoms with van der Waals surface area (Å²) in [4.78, 5) is 42.3. The molecule has 2 aromatic carbocycles. The molecule has 1 aliphatic rings. The summed E-state index contributed by atoms with van der Waals surface area (Å²) in [6, 6.07) is 12.9. The van der Waals surface area contributed by atoms with Gasteiger partial charge in [-0.15, -0.1) is 0 Å². The van der Waals surface area contributed by atoms with E-state index in [4.69, 9.17) is 9.15 Å². The van der Waals surface area contributed by atoms with Crippen LogP contribution in [0, 0.1) is 22.9 Å². The van der Waals surface area contributed by atoms with Crippen LogP contribution < -0.4 is 14.9 Å². The summed E-state index contributed by atoms with van der Waals surface area (Å²) in [7, 11) is 0. The average Bonchev–Trinajstić information content (AvgIpc) is 3.48. The summed E-state index contributed by atoms with van der Waals surface area (Å²) >= 11 is 1.12. The number of nitro benzene ring substituents is 1. The summed E-state index contributed by atoms with van der Waals surface area (Å²) in [5, 5.41) is 11.3. The Bertz CT molecular complexity index is 1830. The number of hydrogen-bond donors (Lipinski definition) is 0. The number of nitro groups is 1. The first-order valence-electron chi connectivity index (χ1n) is 12.0. The number of carbonyl (C=O) groups excluding carboxylic acids is 1. The molecule has 39 heavy (non-hydrogen) atoms. The highest BCUT2D eigenvalue weighted by Gasteiger charge is 2.33. The molecule has 198 valence electrons. The Morgan fingerprint density at radius 3 is 2.64 bits per heavy atom. The van der Waals surface area contributed by atoms with Gasteiger partial charge in [-0.2, -0.15) is 0 Å². The third-order valence-corrected chi connectivity index (χ3v) is 7.28. The molecule has 1 aliphatic heterocycles. The van der Waals surface area contributed by atoms with Crippen LogP contribution in [0.15, 0.2) is 80.1 Å². The van der Waals surface area contributed by atoms with Crippen LogP contribution in [0.2, 0.25) is 0 Å². The molecule has 1 atom stereocenters. The summed E-state index contributed by atoms with van der Waals surface area (Å²) < 4.78 is 26.5. The number of carbonyl (C=O) groups is 1. The van der Waals surface area contributed by atoms with Crippen molar-refractivity contribution in [2.75, 3.05) is 6.61 Å². The largest absolute Gasteiger partial charge is 0.463 e. The molecule has 0 bridgehead atoms. The van der Waals surface area contributed by atoms with Gasteiger partial charge in [-0.05, 0) is 50.6 Å². The fourth-order valence-corrected chi connectivity index (χ4v) is 5.45. The molecule has 0 saturated carbocycles. The molecule has 0 N–H and O–H groups in total. The number of rotatable bonds is 6. The first-order valence-corrected chi connectivity index (χ1v) is 12.8. The number of thiazole rings is 1. The zero-order valence-corrected chi connectivity index (χ0v) is 22.0. The van der Waals surface area contributed by atoms with Gasteiger partial charge in [0.2, 0.25) is 0 Å². The topological polar surface area (TPSA) is 117 Å². The molecule has 9 nitrogen and oxygen atoms in total. The number of aryl methyl sites for hydroxylation is 1. The Balaban J connectivity index is 1.61. The first kappa shape index (κ1) is 26.0. The van der Waals surface area contributed by atoms with E-state index in [1.54, 1.807) is 51.1 Å². The average molecular weight is 548 g/mol. The van der Waals surface area contributed by atoms with Gasteiger partial charge in [0.25, 0.3) is 11.2 Å². The molecular weight excluding hydrogens is 525 g/mol. The van der Waals surface area contributed by atoms with E-state index in [1.807, 2.05) is 0 Å². The molecule has 5 rings (SSSR count). The van der Waals surface area contributed by atoms with Gasteiger partial charge in [0.05, 0.1) is 33.4 Å². The van der Waals surface area contributed by atoms with E-state index in [9.17, 15) is 24.1 Å². The van der Waals surface area contributed by atoms with Crippen LogP contribution in [0.5, 0.6) is 0 Å². The van der Waals surface area contributed by atoms with E-state index < -0.39 is 28.3 Å². The summed E-state index contributed by atoms with van der Waals surface area (Å²) in [6.07, 6.45) is 1.56. The fraction of sp³-hybridized carbons (Fsp3) is 0.179. The number of nitrogens with zero attached hydrogens (tertiary/aromatic N) is 3. The maximum absolute atomic E-state index is 13.7. The van der Waals surface area contributed by atoms with Crippen LogP contribution in [-0.4, -0.2) is 22.1 Å². The highest BCUT2D eigenvalue weighted by atomic mass is 32.1. The number of halogens is 1. The van der Waals surface area contributed by atoms with E-state index in [-0.39, 0.29) is 17.9 Å². The number of hydrogen-bond acceptors (Lipinski definition) is 8. The first-order chi connectivity index (χ1) is 18.7. The standard InChI is InChI=1S/C28H22FN3O6S/c1-4-37-27(34)24-16(3)30-28-31(25(24)17-7-9-19(29)10-8-17)26(33)23(39-28)14-20-11-12-22(38-20)18-6-5-15(2)21(13-18)32(35)36/h5-14,25H,4H2,1-3H3/t25-/m1/s1. The fourth-order valence-electron chi connectivity index (χ4n) is 4.43. The van der Waals surface area contributed by atoms with Crippen LogP contribution in [0.25, 0.3) is 17.4 Å². The molecule has 0 fully saturated rings. The zero-order valence-electron chi connectivity index (χ0n) is 21.1. The lowest BCUT2D eigenvalue weighted by Gasteiger charge is -2.24. The number of aromatic nitrogens is 1. The lowest BCUT2D eigenvalue weighted by molar-refractivity contribution is -0.385. The van der Waals surface area contributed by atoms with Crippen molar-refractivity contribution in [2.24, 2.45) is 4.99 Å². The molecular formula is C28H22FN3O6S. The van der Waals surface area contributed by atoms with Crippen molar-refractivity contribution in [2.45, 2.75) is 26.8 Å². The Kier molecular flexibility index (Phi) is 6.83. The van der Waals surface area contributed by atoms with Crippen LogP contribution in [0.1, 0.15) is 36.8 Å². The van der Waals surface area contributed by atoms with Gasteiger partial charge in [0, 0.05) is 23.3 Å². The number of benzene rings is 2. The van der Waals surface area contributed by atoms with Crippen molar-refractivity contribution < 1.29 is 23.3 Å². The maximum Gasteiger partial charge on any atom is 0.338 e. The summed E-state index contributed by atoms with van der Waals surface area (Å²) in [6.45, 7) is 5.15. The van der Waals surface area contributed by atoms with Gasteiger partial charge < -0.3 is 9.15 Å².